The number of nitrogens with zero attached hydrogens (tertiary/aromatic N) is 12. The number of aryl methyl sites for hydroxylation is 2. The van der Waals surface area contributed by atoms with E-state index in [-0.39, 0.29) is 61.4 Å². The fourth-order valence-electron chi connectivity index (χ4n) is 11.9. The van der Waals surface area contributed by atoms with Crippen LogP contribution in [0.15, 0.2) is 80.4 Å². The molecule has 2 amide bonds. The van der Waals surface area contributed by atoms with E-state index in [1.807, 2.05) is 27.7 Å². The SMILES string of the molecule is C.C1CCOC1.COc1ccc(F)cc1[C@H](Cn1c(=O)n([C@H](C)C(=O)N(C)C(C)C)c(=O)c2c(C)c(-n3nccn3)sc21)OC1CCC(=O)CC1.COc1ccc(F)cc1[C@H](Cn1c(=O)n([C@H](C)C(=O)N(C)C(C)C)c(=O)c2c(C)c(-n3nccn3)sc21)OC1CCC(O)CC1. The first-order valence-corrected chi connectivity index (χ1v) is 33.6. The second-order valence-corrected chi connectivity index (χ2v) is 26.6. The van der Waals surface area contributed by atoms with E-state index in [2.05, 4.69) is 20.4 Å². The van der Waals surface area contributed by atoms with Crippen LogP contribution >= 0.6 is 22.7 Å². The van der Waals surface area contributed by atoms with Gasteiger partial charge in [-0.2, -0.15) is 20.4 Å². The predicted molar refractivity (Wildman–Crippen MR) is 361 cm³/mol. The third kappa shape index (κ3) is 16.0. The Morgan fingerprint density at radius 3 is 1.33 bits per heavy atom. The molecule has 96 heavy (non-hydrogen) atoms. The van der Waals surface area contributed by atoms with Crippen molar-refractivity contribution in [2.24, 2.45) is 0 Å². The lowest BCUT2D eigenvalue weighted by molar-refractivity contribution is -0.135. The van der Waals surface area contributed by atoms with Crippen molar-refractivity contribution in [1.29, 1.82) is 0 Å². The van der Waals surface area contributed by atoms with Gasteiger partial charge in [0, 0.05) is 74.5 Å². The number of Topliss-reactive ketones (excluding diaryl/α,β-unsaturated/α-hetero) is 1. The number of rotatable bonds is 20. The summed E-state index contributed by atoms with van der Waals surface area (Å²) < 4.78 is 63.4. The summed E-state index contributed by atoms with van der Waals surface area (Å²) in [6.07, 6.45) is 9.78. The van der Waals surface area contributed by atoms with Gasteiger partial charge < -0.3 is 38.6 Å². The molecule has 4 atom stereocenters. The number of carbonyl (C=O) groups excluding carboxylic acids is 3. The van der Waals surface area contributed by atoms with Gasteiger partial charge in [0.25, 0.3) is 11.1 Å². The first-order chi connectivity index (χ1) is 45.3. The molecule has 0 radical (unpaired) electrons. The highest BCUT2D eigenvalue weighted by Gasteiger charge is 2.35. The summed E-state index contributed by atoms with van der Waals surface area (Å²) in [6.45, 7) is 15.7. The topological polar surface area (TPSA) is 273 Å². The molecule has 0 unspecified atom stereocenters. The molecule has 29 heteroatoms. The van der Waals surface area contributed by atoms with E-state index in [9.17, 15) is 47.4 Å². The molecule has 1 saturated heterocycles. The Bertz CT molecular complexity index is 4240. The van der Waals surface area contributed by atoms with Crippen molar-refractivity contribution in [2.75, 3.05) is 41.5 Å². The Balaban J connectivity index is 0.000000226. The highest BCUT2D eigenvalue weighted by atomic mass is 32.1. The van der Waals surface area contributed by atoms with Crippen LogP contribution in [0.4, 0.5) is 8.78 Å². The highest BCUT2D eigenvalue weighted by Crippen LogP contribution is 2.39. The van der Waals surface area contributed by atoms with Gasteiger partial charge in [0.15, 0.2) is 0 Å². The molecule has 8 aromatic rings. The summed E-state index contributed by atoms with van der Waals surface area (Å²) in [6, 6.07) is 5.62. The summed E-state index contributed by atoms with van der Waals surface area (Å²) in [5.74, 6) is -0.927. The summed E-state index contributed by atoms with van der Waals surface area (Å²) in [7, 11) is 6.18. The number of aliphatic hydroxyl groups is 1. The summed E-state index contributed by atoms with van der Waals surface area (Å²) >= 11 is 2.33. The summed E-state index contributed by atoms with van der Waals surface area (Å²) in [5, 5.41) is 28.6. The summed E-state index contributed by atoms with van der Waals surface area (Å²) in [4.78, 5) is 102. The zero-order chi connectivity index (χ0) is 68.7. The van der Waals surface area contributed by atoms with Crippen molar-refractivity contribution in [3.8, 4) is 21.5 Å². The van der Waals surface area contributed by atoms with Gasteiger partial charge >= 0.3 is 11.4 Å². The monoisotopic (exact) mass is 1370 g/mol. The Hall–Kier alpha value is -8.09. The first-order valence-electron chi connectivity index (χ1n) is 31.9. The van der Waals surface area contributed by atoms with E-state index >= 15 is 0 Å². The standard InChI is InChI=1S/C31H39FN6O6S.C31H37FN6O6S.C4H8O.CH4/c2*1-17(2)35(5)27(40)19(4)37-28(41)26-18(3)29(38-33-13-14-34-38)45-30(26)36(31(37)42)16-25(44-22-10-8-21(39)9-11-22)23-15-20(32)7-12-24(23)43-6;1-2-4-5-3-1;/h7,12-15,17,19,21-22,25,39H,8-11,16H2,1-6H3;7,12-15,17,19,22,25H,8-11,16H2,1-6H3;1-4H2;1H4/t19-,21?,22?,25+;19-,25+;;/m11../s1. The lowest BCUT2D eigenvalue weighted by atomic mass is 9.94. The van der Waals surface area contributed by atoms with Gasteiger partial charge in [0.05, 0.1) is 81.2 Å². The maximum Gasteiger partial charge on any atom is 0.332 e. The van der Waals surface area contributed by atoms with Crippen molar-refractivity contribution in [1.82, 2.24) is 58.1 Å². The number of hydrogen-bond acceptors (Lipinski definition) is 19. The maximum absolute atomic E-state index is 14.7. The molecule has 2 saturated carbocycles. The van der Waals surface area contributed by atoms with Crippen LogP contribution in [0.25, 0.3) is 30.4 Å². The largest absolute Gasteiger partial charge is 0.496 e. The van der Waals surface area contributed by atoms with Crippen LogP contribution in [-0.4, -0.2) is 153 Å². The van der Waals surface area contributed by atoms with Gasteiger partial charge in [-0.25, -0.2) is 27.5 Å². The van der Waals surface area contributed by atoms with Crippen molar-refractivity contribution >= 4 is 60.7 Å². The van der Waals surface area contributed by atoms with Gasteiger partial charge in [-0.3, -0.25) is 33.1 Å². The first kappa shape index (κ1) is 73.7. The van der Waals surface area contributed by atoms with Crippen molar-refractivity contribution in [2.45, 2.75) is 195 Å². The zero-order valence-electron chi connectivity index (χ0n) is 55.7. The molecule has 6 aromatic heterocycles. The number of methoxy groups -OCH3 is 2. The van der Waals surface area contributed by atoms with Crippen LogP contribution in [-0.2, 0) is 41.7 Å². The number of benzene rings is 2. The predicted octanol–water partition coefficient (Wildman–Crippen LogP) is 9.14. The molecular weight excluding hydrogens is 1280 g/mol. The van der Waals surface area contributed by atoms with Gasteiger partial charge in [0.2, 0.25) is 11.8 Å². The van der Waals surface area contributed by atoms with Gasteiger partial charge in [-0.1, -0.05) is 30.1 Å². The minimum Gasteiger partial charge on any atom is -0.496 e. The third-order valence-electron chi connectivity index (χ3n) is 17.8. The molecule has 0 spiro atoms. The van der Waals surface area contributed by atoms with E-state index in [4.69, 9.17) is 23.7 Å². The number of thiophene rings is 2. The lowest BCUT2D eigenvalue weighted by Gasteiger charge is -2.31. The van der Waals surface area contributed by atoms with Gasteiger partial charge in [-0.15, -0.1) is 9.59 Å². The molecule has 25 nitrogen and oxygen atoms in total. The van der Waals surface area contributed by atoms with Crippen LogP contribution in [0.1, 0.15) is 160 Å². The van der Waals surface area contributed by atoms with Crippen LogP contribution in [0, 0.1) is 25.5 Å². The molecule has 7 heterocycles. The number of aliphatic hydroxyl groups excluding tert-OH is 1. The maximum atomic E-state index is 14.7. The number of ketones is 1. The molecule has 3 fully saturated rings. The van der Waals surface area contributed by atoms with E-state index in [1.165, 1.54) is 142 Å². The lowest BCUT2D eigenvalue weighted by Crippen LogP contribution is -2.48. The Labute approximate surface area is 562 Å². The molecule has 2 aromatic carbocycles. The number of carbonyl (C=O) groups is 3. The summed E-state index contributed by atoms with van der Waals surface area (Å²) in [5.41, 5.74) is -0.754. The number of fused-ring (bicyclic) bond motifs is 2. The molecule has 2 aliphatic carbocycles. The second kappa shape index (κ2) is 32.3. The van der Waals surface area contributed by atoms with Crippen molar-refractivity contribution < 1.29 is 52.0 Å². The molecule has 11 rings (SSSR count). The fourth-order valence-corrected chi connectivity index (χ4v) is 14.4. The van der Waals surface area contributed by atoms with E-state index in [0.29, 0.717) is 105 Å². The van der Waals surface area contributed by atoms with E-state index < -0.39 is 76.3 Å². The number of aromatic nitrogens is 10. The van der Waals surface area contributed by atoms with Gasteiger partial charge in [0.1, 0.15) is 72.9 Å². The molecule has 1 aliphatic heterocycles. The zero-order valence-corrected chi connectivity index (χ0v) is 57.3. The number of halogens is 2. The molecular formula is C67H88F2N12O13S2. The average Bonchev–Trinajstić information content (AvgIpc) is 1.54. The van der Waals surface area contributed by atoms with Crippen LogP contribution in [0.2, 0.25) is 0 Å². The normalized spacial score (nSPS) is 17.1. The van der Waals surface area contributed by atoms with Crippen LogP contribution in [0.3, 0.4) is 0 Å². The Morgan fingerprint density at radius 1 is 0.615 bits per heavy atom. The fraction of sp³-hybridized carbons (Fsp3) is 0.537. The number of hydrogen-bond donors (Lipinski definition) is 1. The molecule has 1 N–H and O–H groups in total. The smallest absolute Gasteiger partial charge is 0.332 e. The van der Waals surface area contributed by atoms with Gasteiger partial charge in [-0.05, 0) is 143 Å². The van der Waals surface area contributed by atoms with E-state index in [0.717, 1.165) is 33.7 Å². The second-order valence-electron chi connectivity index (χ2n) is 24.6. The number of likely N-dealkylation sites (N-methyl/N-ethyl adjacent to an activating group) is 2. The Morgan fingerprint density at radius 2 is 0.990 bits per heavy atom. The minimum atomic E-state index is -1.12. The minimum absolute atomic E-state index is 0. The van der Waals surface area contributed by atoms with Crippen molar-refractivity contribution in [3.05, 3.63) is 137 Å². The third-order valence-corrected chi connectivity index (χ3v) is 20.4. The number of ether oxygens (including phenoxy) is 5. The van der Waals surface area contributed by atoms with Crippen LogP contribution < -0.4 is 32.0 Å². The Kier molecular flexibility index (Phi) is 24.8. The highest BCUT2D eigenvalue weighted by molar-refractivity contribution is 7.21. The average molecular weight is 1370 g/mol. The quantitative estimate of drug-likeness (QED) is 0.0744. The molecule has 520 valence electrons. The van der Waals surface area contributed by atoms with Crippen molar-refractivity contribution in [3.63, 3.8) is 0 Å². The molecule has 0 bridgehead atoms. The molecule has 3 aliphatic rings. The number of amides is 2. The van der Waals surface area contributed by atoms with Crippen LogP contribution in [0.5, 0.6) is 11.5 Å². The van der Waals surface area contributed by atoms with E-state index in [1.54, 1.807) is 27.9 Å².